The zero-order valence-electron chi connectivity index (χ0n) is 13.7. The second-order valence-electron chi connectivity index (χ2n) is 6.17. The summed E-state index contributed by atoms with van der Waals surface area (Å²) < 4.78 is 1.40. The second kappa shape index (κ2) is 6.76. The molecule has 0 aromatic carbocycles. The lowest BCUT2D eigenvalue weighted by atomic mass is 9.97. The van der Waals surface area contributed by atoms with Crippen LogP contribution in [0.2, 0.25) is 0 Å². The third-order valence-electron chi connectivity index (χ3n) is 4.45. The van der Waals surface area contributed by atoms with Gasteiger partial charge in [-0.05, 0) is 43.4 Å². The summed E-state index contributed by atoms with van der Waals surface area (Å²) in [5.74, 6) is -0.224. The Morgan fingerprint density at radius 2 is 2.12 bits per heavy atom. The van der Waals surface area contributed by atoms with Crippen molar-refractivity contribution in [3.63, 3.8) is 0 Å². The molecular formula is C18H18N4O2S. The van der Waals surface area contributed by atoms with Gasteiger partial charge in [-0.2, -0.15) is 0 Å². The fourth-order valence-corrected chi connectivity index (χ4v) is 4.42. The highest BCUT2D eigenvalue weighted by molar-refractivity contribution is 7.18. The van der Waals surface area contributed by atoms with E-state index >= 15 is 0 Å². The summed E-state index contributed by atoms with van der Waals surface area (Å²) in [4.78, 5) is 35.6. The zero-order chi connectivity index (χ0) is 17.2. The van der Waals surface area contributed by atoms with Gasteiger partial charge in [0.25, 0.3) is 5.56 Å². The van der Waals surface area contributed by atoms with Crippen molar-refractivity contribution < 1.29 is 4.79 Å². The van der Waals surface area contributed by atoms with Crippen molar-refractivity contribution in [2.75, 3.05) is 0 Å². The van der Waals surface area contributed by atoms with Crippen molar-refractivity contribution in [3.8, 4) is 0 Å². The van der Waals surface area contributed by atoms with Crippen LogP contribution in [0.1, 0.15) is 29.0 Å². The van der Waals surface area contributed by atoms with Crippen molar-refractivity contribution in [2.24, 2.45) is 0 Å². The van der Waals surface area contributed by atoms with Crippen molar-refractivity contribution in [1.29, 1.82) is 0 Å². The molecule has 0 spiro atoms. The molecule has 7 heteroatoms. The standard InChI is InChI=1S/C18H18N4O2S/c23-15(20-9-12-5-3-4-8-19-12)10-22-11-21-17-16(18(22)24)13-6-1-2-7-14(13)25-17/h3-5,8,11H,1-2,6-7,9-10H2,(H,20,23). The van der Waals surface area contributed by atoms with E-state index in [4.69, 9.17) is 0 Å². The smallest absolute Gasteiger partial charge is 0.262 e. The molecule has 1 amide bonds. The Morgan fingerprint density at radius 1 is 1.24 bits per heavy atom. The van der Waals surface area contributed by atoms with E-state index in [1.54, 1.807) is 17.5 Å². The van der Waals surface area contributed by atoms with Crippen LogP contribution in [0.4, 0.5) is 0 Å². The second-order valence-corrected chi connectivity index (χ2v) is 7.25. The number of nitrogens with one attached hydrogen (secondary N) is 1. The van der Waals surface area contributed by atoms with E-state index in [0.717, 1.165) is 35.4 Å². The van der Waals surface area contributed by atoms with Gasteiger partial charge < -0.3 is 5.32 Å². The SMILES string of the molecule is O=C(Cn1cnc2sc3c(c2c1=O)CCCC3)NCc1ccccn1. The number of hydrogen-bond acceptors (Lipinski definition) is 5. The molecule has 0 unspecified atom stereocenters. The first kappa shape index (κ1) is 16.0. The van der Waals surface area contributed by atoms with Crippen molar-refractivity contribution in [2.45, 2.75) is 38.8 Å². The molecule has 1 aliphatic rings. The number of carbonyl (C=O) groups is 1. The molecule has 0 radical (unpaired) electrons. The first-order chi connectivity index (χ1) is 12.2. The van der Waals surface area contributed by atoms with Gasteiger partial charge in [-0.15, -0.1) is 11.3 Å². The van der Waals surface area contributed by atoms with E-state index in [1.165, 1.54) is 22.2 Å². The molecule has 3 aromatic rings. The Balaban J connectivity index is 1.54. The van der Waals surface area contributed by atoms with Gasteiger partial charge in [-0.3, -0.25) is 19.1 Å². The minimum atomic E-state index is -0.224. The van der Waals surface area contributed by atoms with Gasteiger partial charge in [0.15, 0.2) is 0 Å². The maximum absolute atomic E-state index is 12.8. The van der Waals surface area contributed by atoms with Crippen LogP contribution in [-0.4, -0.2) is 20.4 Å². The number of pyridine rings is 1. The molecule has 6 nitrogen and oxygen atoms in total. The number of nitrogens with zero attached hydrogens (tertiary/aromatic N) is 3. The van der Waals surface area contributed by atoms with E-state index in [-0.39, 0.29) is 18.0 Å². The van der Waals surface area contributed by atoms with Crippen molar-refractivity contribution in [1.82, 2.24) is 19.9 Å². The predicted molar refractivity (Wildman–Crippen MR) is 96.6 cm³/mol. The van der Waals surface area contributed by atoms with Gasteiger partial charge >= 0.3 is 0 Å². The monoisotopic (exact) mass is 354 g/mol. The van der Waals surface area contributed by atoms with E-state index in [1.807, 2.05) is 18.2 Å². The minimum absolute atomic E-state index is 0.0285. The van der Waals surface area contributed by atoms with Gasteiger partial charge in [-0.1, -0.05) is 6.07 Å². The van der Waals surface area contributed by atoms with Crippen LogP contribution >= 0.6 is 11.3 Å². The molecule has 3 aromatic heterocycles. The predicted octanol–water partition coefficient (Wildman–Crippen LogP) is 2.05. The molecule has 0 fully saturated rings. The molecule has 25 heavy (non-hydrogen) atoms. The first-order valence-corrected chi connectivity index (χ1v) is 9.20. The van der Waals surface area contributed by atoms with Crippen LogP contribution in [0.5, 0.6) is 0 Å². The topological polar surface area (TPSA) is 76.9 Å². The molecule has 4 rings (SSSR count). The Kier molecular flexibility index (Phi) is 4.31. The number of aryl methyl sites for hydroxylation is 2. The summed E-state index contributed by atoms with van der Waals surface area (Å²) in [5.41, 5.74) is 1.81. The number of hydrogen-bond donors (Lipinski definition) is 1. The van der Waals surface area contributed by atoms with Crippen LogP contribution in [0.25, 0.3) is 10.2 Å². The van der Waals surface area contributed by atoms with Crippen LogP contribution in [0.3, 0.4) is 0 Å². The van der Waals surface area contributed by atoms with Crippen molar-refractivity contribution in [3.05, 3.63) is 57.2 Å². The molecule has 0 saturated heterocycles. The molecule has 0 aliphatic heterocycles. The van der Waals surface area contributed by atoms with Crippen LogP contribution in [0, 0.1) is 0 Å². The Hall–Kier alpha value is -2.54. The third-order valence-corrected chi connectivity index (χ3v) is 5.65. The minimum Gasteiger partial charge on any atom is -0.349 e. The molecule has 0 saturated carbocycles. The van der Waals surface area contributed by atoms with Crippen molar-refractivity contribution >= 4 is 27.5 Å². The van der Waals surface area contributed by atoms with Gasteiger partial charge in [0.05, 0.1) is 24.0 Å². The largest absolute Gasteiger partial charge is 0.349 e. The van der Waals surface area contributed by atoms with E-state index in [2.05, 4.69) is 15.3 Å². The summed E-state index contributed by atoms with van der Waals surface area (Å²) in [5, 5.41) is 3.50. The normalized spacial score (nSPS) is 13.6. The van der Waals surface area contributed by atoms with Gasteiger partial charge in [-0.25, -0.2) is 4.98 Å². The van der Waals surface area contributed by atoms with Gasteiger partial charge in [0, 0.05) is 11.1 Å². The molecular weight excluding hydrogens is 336 g/mol. The molecule has 1 aliphatic carbocycles. The van der Waals surface area contributed by atoms with Crippen LogP contribution in [0.15, 0.2) is 35.5 Å². The van der Waals surface area contributed by atoms with Gasteiger partial charge in [0.1, 0.15) is 11.4 Å². The number of aromatic nitrogens is 3. The fourth-order valence-electron chi connectivity index (χ4n) is 3.20. The highest BCUT2D eigenvalue weighted by atomic mass is 32.1. The van der Waals surface area contributed by atoms with E-state index < -0.39 is 0 Å². The Labute approximate surface area is 148 Å². The average molecular weight is 354 g/mol. The number of fused-ring (bicyclic) bond motifs is 3. The zero-order valence-corrected chi connectivity index (χ0v) is 14.5. The van der Waals surface area contributed by atoms with E-state index in [0.29, 0.717) is 11.9 Å². The Morgan fingerprint density at radius 3 is 2.96 bits per heavy atom. The molecule has 3 heterocycles. The first-order valence-electron chi connectivity index (χ1n) is 8.38. The lowest BCUT2D eigenvalue weighted by Gasteiger charge is -2.10. The number of amides is 1. The molecule has 128 valence electrons. The summed E-state index contributed by atoms with van der Waals surface area (Å²) in [6, 6.07) is 5.54. The Bertz CT molecular complexity index is 978. The fraction of sp³-hybridized carbons (Fsp3) is 0.333. The lowest BCUT2D eigenvalue weighted by Crippen LogP contribution is -2.32. The number of rotatable bonds is 4. The summed E-state index contributed by atoms with van der Waals surface area (Å²) in [6.07, 6.45) is 7.40. The quantitative estimate of drug-likeness (QED) is 0.778. The third kappa shape index (κ3) is 3.19. The number of carbonyl (C=O) groups excluding carboxylic acids is 1. The lowest BCUT2D eigenvalue weighted by molar-refractivity contribution is -0.121. The molecule has 0 bridgehead atoms. The van der Waals surface area contributed by atoms with Crippen LogP contribution < -0.4 is 10.9 Å². The molecule has 1 N–H and O–H groups in total. The highest BCUT2D eigenvalue weighted by Crippen LogP contribution is 2.33. The maximum Gasteiger partial charge on any atom is 0.262 e. The summed E-state index contributed by atoms with van der Waals surface area (Å²) in [6.45, 7) is 0.317. The maximum atomic E-state index is 12.8. The van der Waals surface area contributed by atoms with Gasteiger partial charge in [0.2, 0.25) is 5.91 Å². The van der Waals surface area contributed by atoms with E-state index in [9.17, 15) is 9.59 Å². The number of thiophene rings is 1. The molecule has 0 atom stereocenters. The van der Waals surface area contributed by atoms with Crippen LogP contribution in [-0.2, 0) is 30.7 Å². The average Bonchev–Trinajstić information content (AvgIpc) is 3.02. The summed E-state index contributed by atoms with van der Waals surface area (Å²) >= 11 is 1.62. The highest BCUT2D eigenvalue weighted by Gasteiger charge is 2.20. The summed E-state index contributed by atoms with van der Waals surface area (Å²) in [7, 11) is 0.